The van der Waals surface area contributed by atoms with Gasteiger partial charge in [0.05, 0.1) is 5.39 Å². The van der Waals surface area contributed by atoms with Gasteiger partial charge in [-0.1, -0.05) is 6.92 Å². The molecule has 3 rings (SSSR count). The van der Waals surface area contributed by atoms with Crippen molar-refractivity contribution in [3.63, 3.8) is 0 Å². The topological polar surface area (TPSA) is 49.8 Å². The van der Waals surface area contributed by atoms with Crippen LogP contribution in [-0.2, 0) is 0 Å². The van der Waals surface area contributed by atoms with E-state index in [0.717, 1.165) is 40.9 Å². The molecule has 1 fully saturated rings. The molecule has 2 aromatic heterocycles. The number of nitrogens with one attached hydrogen (secondary N) is 2. The van der Waals surface area contributed by atoms with Crippen molar-refractivity contribution in [2.45, 2.75) is 45.6 Å². The fraction of sp³-hybridized carbons (Fsp3) is 0.600. The Morgan fingerprint density at radius 2 is 2.15 bits per heavy atom. The normalized spacial score (nSPS) is 15.6. The molecule has 0 atom stereocenters. The lowest BCUT2D eigenvalue weighted by Crippen LogP contribution is -2.33. The summed E-state index contributed by atoms with van der Waals surface area (Å²) in [7, 11) is 0. The summed E-state index contributed by atoms with van der Waals surface area (Å²) in [5.41, 5.74) is 0.102. The molecule has 0 radical (unpaired) electrons. The standard InChI is InChI=1S/C15H22N4S/c1-4-8-16-14-17-12(11-7-9-20-13(11)18-14)19-15(2,3)10-5-6-10/h7,9-10H,4-6,8H2,1-3H3,(H2,16,17,18,19). The average molecular weight is 290 g/mol. The second-order valence-corrected chi connectivity index (χ2v) is 6.98. The summed E-state index contributed by atoms with van der Waals surface area (Å²) in [6.07, 6.45) is 3.71. The van der Waals surface area contributed by atoms with Crippen LogP contribution < -0.4 is 10.6 Å². The SMILES string of the molecule is CCCNc1nc(NC(C)(C)C2CC2)c2ccsc2n1. The van der Waals surface area contributed by atoms with Gasteiger partial charge in [-0.25, -0.2) is 4.98 Å². The van der Waals surface area contributed by atoms with Crippen LogP contribution in [0.15, 0.2) is 11.4 Å². The summed E-state index contributed by atoms with van der Waals surface area (Å²) in [5, 5.41) is 10.1. The second-order valence-electron chi connectivity index (χ2n) is 6.08. The van der Waals surface area contributed by atoms with E-state index in [1.165, 1.54) is 12.8 Å². The van der Waals surface area contributed by atoms with Gasteiger partial charge < -0.3 is 10.6 Å². The van der Waals surface area contributed by atoms with Crippen LogP contribution in [0, 0.1) is 5.92 Å². The van der Waals surface area contributed by atoms with E-state index in [1.807, 2.05) is 0 Å². The first-order valence-electron chi connectivity index (χ1n) is 7.37. The fourth-order valence-electron chi connectivity index (χ4n) is 2.48. The molecular weight excluding hydrogens is 268 g/mol. The number of nitrogens with zero attached hydrogens (tertiary/aromatic N) is 2. The van der Waals surface area contributed by atoms with Crippen molar-refractivity contribution in [2.24, 2.45) is 5.92 Å². The third kappa shape index (κ3) is 2.73. The molecule has 108 valence electrons. The van der Waals surface area contributed by atoms with Gasteiger partial charge in [0.25, 0.3) is 0 Å². The van der Waals surface area contributed by atoms with Gasteiger partial charge in [-0.05, 0) is 50.5 Å². The molecule has 0 unspecified atom stereocenters. The fourth-order valence-corrected chi connectivity index (χ4v) is 3.24. The Bertz CT molecular complexity index is 601. The minimum absolute atomic E-state index is 0.102. The largest absolute Gasteiger partial charge is 0.364 e. The van der Waals surface area contributed by atoms with Crippen molar-refractivity contribution in [2.75, 3.05) is 17.2 Å². The lowest BCUT2D eigenvalue weighted by atomic mass is 9.99. The van der Waals surface area contributed by atoms with Crippen molar-refractivity contribution in [3.8, 4) is 0 Å². The van der Waals surface area contributed by atoms with E-state index in [1.54, 1.807) is 11.3 Å². The van der Waals surface area contributed by atoms with Gasteiger partial charge in [0.2, 0.25) is 5.95 Å². The smallest absolute Gasteiger partial charge is 0.226 e. The lowest BCUT2D eigenvalue weighted by Gasteiger charge is -2.27. The first-order chi connectivity index (χ1) is 9.60. The van der Waals surface area contributed by atoms with Gasteiger partial charge in [-0.15, -0.1) is 11.3 Å². The minimum atomic E-state index is 0.102. The highest BCUT2D eigenvalue weighted by atomic mass is 32.1. The summed E-state index contributed by atoms with van der Waals surface area (Å²) in [4.78, 5) is 10.3. The molecule has 1 saturated carbocycles. The van der Waals surface area contributed by atoms with Gasteiger partial charge in [-0.3, -0.25) is 0 Å². The number of hydrogen-bond acceptors (Lipinski definition) is 5. The highest BCUT2D eigenvalue weighted by molar-refractivity contribution is 7.16. The van der Waals surface area contributed by atoms with Crippen LogP contribution in [-0.4, -0.2) is 22.1 Å². The first kappa shape index (κ1) is 13.6. The summed E-state index contributed by atoms with van der Waals surface area (Å²) in [6, 6.07) is 2.11. The van der Waals surface area contributed by atoms with Crippen molar-refractivity contribution in [1.29, 1.82) is 0 Å². The Labute approximate surface area is 124 Å². The number of rotatable bonds is 6. The molecule has 2 heterocycles. The molecule has 4 nitrogen and oxygen atoms in total. The maximum Gasteiger partial charge on any atom is 0.226 e. The van der Waals surface area contributed by atoms with Crippen LogP contribution in [0.3, 0.4) is 0 Å². The zero-order valence-corrected chi connectivity index (χ0v) is 13.2. The van der Waals surface area contributed by atoms with Crippen LogP contribution in [0.25, 0.3) is 10.2 Å². The van der Waals surface area contributed by atoms with Crippen LogP contribution in [0.1, 0.15) is 40.0 Å². The third-order valence-corrected chi connectivity index (χ3v) is 4.70. The van der Waals surface area contributed by atoms with Gasteiger partial charge in [0.15, 0.2) is 0 Å². The molecule has 1 aliphatic carbocycles. The third-order valence-electron chi connectivity index (χ3n) is 3.90. The van der Waals surface area contributed by atoms with Gasteiger partial charge in [-0.2, -0.15) is 4.98 Å². The van der Waals surface area contributed by atoms with Crippen LogP contribution in [0.5, 0.6) is 0 Å². The van der Waals surface area contributed by atoms with Crippen molar-refractivity contribution in [3.05, 3.63) is 11.4 Å². The van der Waals surface area contributed by atoms with Crippen LogP contribution in [0.2, 0.25) is 0 Å². The summed E-state index contributed by atoms with van der Waals surface area (Å²) in [6.45, 7) is 7.59. The maximum absolute atomic E-state index is 4.68. The zero-order valence-electron chi connectivity index (χ0n) is 12.4. The average Bonchev–Trinajstić information content (AvgIpc) is 3.16. The van der Waals surface area contributed by atoms with Gasteiger partial charge in [0.1, 0.15) is 10.6 Å². The second kappa shape index (κ2) is 5.20. The minimum Gasteiger partial charge on any atom is -0.364 e. The van der Waals surface area contributed by atoms with E-state index >= 15 is 0 Å². The highest BCUT2D eigenvalue weighted by Crippen LogP contribution is 2.41. The van der Waals surface area contributed by atoms with E-state index in [-0.39, 0.29) is 5.54 Å². The summed E-state index contributed by atoms with van der Waals surface area (Å²) < 4.78 is 0. The number of anilines is 2. The monoisotopic (exact) mass is 290 g/mol. The van der Waals surface area contributed by atoms with Crippen LogP contribution in [0.4, 0.5) is 11.8 Å². The van der Waals surface area contributed by atoms with E-state index in [9.17, 15) is 0 Å². The number of thiophene rings is 1. The predicted molar refractivity (Wildman–Crippen MR) is 86.6 cm³/mol. The Morgan fingerprint density at radius 1 is 1.35 bits per heavy atom. The lowest BCUT2D eigenvalue weighted by molar-refractivity contribution is 0.493. The molecule has 2 aromatic rings. The van der Waals surface area contributed by atoms with Crippen molar-refractivity contribution >= 4 is 33.3 Å². The molecule has 0 amide bonds. The van der Waals surface area contributed by atoms with Gasteiger partial charge in [0, 0.05) is 12.1 Å². The quantitative estimate of drug-likeness (QED) is 0.840. The zero-order chi connectivity index (χ0) is 14.2. The first-order valence-corrected chi connectivity index (χ1v) is 8.25. The number of fused-ring (bicyclic) bond motifs is 1. The Morgan fingerprint density at radius 3 is 2.85 bits per heavy atom. The molecule has 0 aliphatic heterocycles. The summed E-state index contributed by atoms with van der Waals surface area (Å²) in [5.74, 6) is 2.46. The molecule has 0 aromatic carbocycles. The molecular formula is C15H22N4S. The van der Waals surface area contributed by atoms with Gasteiger partial charge >= 0.3 is 0 Å². The molecule has 20 heavy (non-hydrogen) atoms. The Kier molecular flexibility index (Phi) is 3.54. The molecule has 0 bridgehead atoms. The van der Waals surface area contributed by atoms with Crippen molar-refractivity contribution < 1.29 is 0 Å². The van der Waals surface area contributed by atoms with E-state index in [0.29, 0.717) is 0 Å². The molecule has 5 heteroatoms. The molecule has 0 saturated heterocycles. The van der Waals surface area contributed by atoms with E-state index in [4.69, 9.17) is 0 Å². The van der Waals surface area contributed by atoms with E-state index in [2.05, 4.69) is 52.8 Å². The predicted octanol–water partition coefficient (Wildman–Crippen LogP) is 4.11. The Hall–Kier alpha value is -1.36. The van der Waals surface area contributed by atoms with E-state index < -0.39 is 0 Å². The molecule has 0 spiro atoms. The Balaban J connectivity index is 1.92. The molecule has 2 N–H and O–H groups in total. The highest BCUT2D eigenvalue weighted by Gasteiger charge is 2.38. The molecule has 1 aliphatic rings. The number of hydrogen-bond donors (Lipinski definition) is 2. The number of aromatic nitrogens is 2. The maximum atomic E-state index is 4.68. The van der Waals surface area contributed by atoms with Crippen molar-refractivity contribution in [1.82, 2.24) is 9.97 Å². The summed E-state index contributed by atoms with van der Waals surface area (Å²) >= 11 is 1.67. The van der Waals surface area contributed by atoms with Crippen LogP contribution >= 0.6 is 11.3 Å².